The van der Waals surface area contributed by atoms with Gasteiger partial charge in [0.2, 0.25) is 0 Å². The summed E-state index contributed by atoms with van der Waals surface area (Å²) in [4.78, 5) is 3.71. The Balaban J connectivity index is 1.32. The number of benzene rings is 5. The van der Waals surface area contributed by atoms with Crippen LogP contribution in [0.15, 0.2) is 163 Å². The van der Waals surface area contributed by atoms with Gasteiger partial charge in [-0.2, -0.15) is 0 Å². The van der Waals surface area contributed by atoms with Gasteiger partial charge in [-0.15, -0.1) is 11.3 Å². The van der Waals surface area contributed by atoms with Crippen LogP contribution >= 0.6 is 11.3 Å². The van der Waals surface area contributed by atoms with Crippen molar-refractivity contribution in [1.82, 2.24) is 0 Å². The Bertz CT molecular complexity index is 1840. The zero-order chi connectivity index (χ0) is 38.1. The zero-order valence-corrected chi connectivity index (χ0v) is 35.6. The third kappa shape index (κ3) is 8.64. The molecule has 0 atom stereocenters. The van der Waals surface area contributed by atoms with Gasteiger partial charge >= 0.3 is 0 Å². The molecule has 3 nitrogen and oxygen atoms in total. The molecule has 0 saturated carbocycles. The number of hydrogen-bond acceptors (Lipinski definition) is 4. The summed E-state index contributed by atoms with van der Waals surface area (Å²) in [6.45, 7) is 16.7. The van der Waals surface area contributed by atoms with E-state index < -0.39 is 16.6 Å². The molecule has 0 fully saturated rings. The van der Waals surface area contributed by atoms with Crippen LogP contribution in [0.1, 0.15) is 52.0 Å². The molecule has 0 aliphatic rings. The molecule has 278 valence electrons. The molecule has 0 spiro atoms. The van der Waals surface area contributed by atoms with Crippen molar-refractivity contribution in [2.75, 3.05) is 31.2 Å². The molecule has 5 aromatic carbocycles. The molecule has 1 aromatic heterocycles. The average molecular weight is 766 g/mol. The van der Waals surface area contributed by atoms with Crippen LogP contribution in [0.5, 0.6) is 0 Å². The highest BCUT2D eigenvalue weighted by Crippen LogP contribution is 2.38. The molecule has 54 heavy (non-hydrogen) atoms. The van der Waals surface area contributed by atoms with Gasteiger partial charge in [-0.25, -0.2) is 0 Å². The summed E-state index contributed by atoms with van der Waals surface area (Å²) in [5, 5.41) is 7.12. The Morgan fingerprint density at radius 3 is 1.20 bits per heavy atom. The first kappa shape index (κ1) is 39.4. The number of thiophene rings is 1. The number of rotatable bonds is 15. The highest BCUT2D eigenvalue weighted by atomic mass is 32.1. The van der Waals surface area contributed by atoms with E-state index in [0.29, 0.717) is 13.2 Å². The maximum Gasteiger partial charge on any atom is 0.261 e. The number of hydrogen-bond donors (Lipinski definition) is 0. The quantitative estimate of drug-likeness (QED) is 0.0973. The lowest BCUT2D eigenvalue weighted by Crippen LogP contribution is -2.67. The Hall–Kier alpha value is -4.31. The van der Waals surface area contributed by atoms with Crippen molar-refractivity contribution in [3.05, 3.63) is 174 Å². The SMILES string of the molecule is CC(C)(C)[Si](OCCN(CCO[Si](c1ccccc1)(c1ccccc1)C(C)(C)C)c1ccc(C=Cc2cccs2)cc1)(c1ccccc1)c1ccccc1. The normalized spacial score (nSPS) is 12.6. The van der Waals surface area contributed by atoms with Gasteiger partial charge in [-0.3, -0.25) is 0 Å². The molecule has 0 saturated heterocycles. The van der Waals surface area contributed by atoms with Crippen LogP contribution in [0, 0.1) is 0 Å². The second-order valence-corrected chi connectivity index (χ2v) is 25.5. The van der Waals surface area contributed by atoms with Gasteiger partial charge in [-0.05, 0) is 66.0 Å². The molecule has 0 radical (unpaired) electrons. The Kier molecular flexibility index (Phi) is 12.7. The molecule has 6 rings (SSSR count). The standard InChI is InChI=1S/C48H55NO2SSi2/c1-47(2,3)53(43-21-11-7-12-22-43,44-23-13-8-14-24-44)50-37-35-49(41-32-29-40(30-33-41)31-34-42-20-19-39-52-42)36-38-51-54(48(4,5)6,45-25-15-9-16-26-45)46-27-17-10-18-28-46/h7-34,39H,35-38H2,1-6H3. The van der Waals surface area contributed by atoms with Crippen LogP contribution in [-0.2, 0) is 8.85 Å². The summed E-state index contributed by atoms with van der Waals surface area (Å²) in [5.41, 5.74) is 2.35. The molecule has 0 aliphatic heterocycles. The van der Waals surface area contributed by atoms with Gasteiger partial charge < -0.3 is 13.8 Å². The fourth-order valence-corrected chi connectivity index (χ4v) is 17.6. The van der Waals surface area contributed by atoms with Crippen molar-refractivity contribution < 1.29 is 8.85 Å². The molecular weight excluding hydrogens is 711 g/mol. The first-order valence-electron chi connectivity index (χ1n) is 19.1. The molecule has 0 N–H and O–H groups in total. The topological polar surface area (TPSA) is 21.7 Å². The summed E-state index contributed by atoms with van der Waals surface area (Å²) in [6, 6.07) is 56.9. The second-order valence-electron chi connectivity index (χ2n) is 16.0. The van der Waals surface area contributed by atoms with Crippen LogP contribution in [-0.4, -0.2) is 42.9 Å². The van der Waals surface area contributed by atoms with Crippen molar-refractivity contribution >= 4 is 66.6 Å². The zero-order valence-electron chi connectivity index (χ0n) is 32.7. The monoisotopic (exact) mass is 765 g/mol. The molecule has 1 heterocycles. The van der Waals surface area contributed by atoms with E-state index in [9.17, 15) is 0 Å². The minimum Gasteiger partial charge on any atom is -0.406 e. The third-order valence-electron chi connectivity index (χ3n) is 10.4. The molecule has 0 aliphatic carbocycles. The lowest BCUT2D eigenvalue weighted by Gasteiger charge is -2.44. The lowest BCUT2D eigenvalue weighted by molar-refractivity contribution is 0.285. The van der Waals surface area contributed by atoms with Crippen molar-refractivity contribution in [3.63, 3.8) is 0 Å². The predicted molar refractivity (Wildman–Crippen MR) is 239 cm³/mol. The van der Waals surface area contributed by atoms with Gasteiger partial charge in [0.25, 0.3) is 16.6 Å². The maximum atomic E-state index is 7.42. The minimum absolute atomic E-state index is 0.0938. The fourth-order valence-electron chi connectivity index (χ4n) is 7.87. The lowest BCUT2D eigenvalue weighted by atomic mass is 10.1. The van der Waals surface area contributed by atoms with E-state index >= 15 is 0 Å². The van der Waals surface area contributed by atoms with Gasteiger partial charge in [0.1, 0.15) is 0 Å². The van der Waals surface area contributed by atoms with Crippen molar-refractivity contribution in [3.8, 4) is 0 Å². The summed E-state index contributed by atoms with van der Waals surface area (Å²) in [6.07, 6.45) is 4.38. The molecule has 0 amide bonds. The summed E-state index contributed by atoms with van der Waals surface area (Å²) >= 11 is 1.75. The molecule has 6 heteroatoms. The second kappa shape index (κ2) is 17.4. The van der Waals surface area contributed by atoms with Gasteiger partial charge in [0.15, 0.2) is 0 Å². The largest absolute Gasteiger partial charge is 0.406 e. The average Bonchev–Trinajstić information content (AvgIpc) is 3.71. The van der Waals surface area contributed by atoms with Crippen LogP contribution in [0.3, 0.4) is 0 Å². The van der Waals surface area contributed by atoms with Crippen molar-refractivity contribution in [2.24, 2.45) is 0 Å². The third-order valence-corrected chi connectivity index (χ3v) is 21.4. The highest BCUT2D eigenvalue weighted by Gasteiger charge is 2.51. The first-order chi connectivity index (χ1) is 26.0. The van der Waals surface area contributed by atoms with E-state index in [-0.39, 0.29) is 10.1 Å². The van der Waals surface area contributed by atoms with E-state index in [1.54, 1.807) is 11.3 Å². The van der Waals surface area contributed by atoms with Crippen LogP contribution < -0.4 is 25.6 Å². The van der Waals surface area contributed by atoms with Crippen LogP contribution in [0.25, 0.3) is 12.2 Å². The first-order valence-corrected chi connectivity index (χ1v) is 23.8. The van der Waals surface area contributed by atoms with Crippen molar-refractivity contribution in [1.29, 1.82) is 0 Å². The van der Waals surface area contributed by atoms with E-state index in [2.05, 4.69) is 222 Å². The fraction of sp³-hybridized carbons (Fsp3) is 0.250. The Labute approximate surface area is 330 Å². The summed E-state index contributed by atoms with van der Waals surface area (Å²) < 4.78 is 14.8. The highest BCUT2D eigenvalue weighted by molar-refractivity contribution is 7.10. The van der Waals surface area contributed by atoms with Crippen LogP contribution in [0.4, 0.5) is 5.69 Å². The predicted octanol–water partition coefficient (Wildman–Crippen LogP) is 9.88. The molecular formula is C48H55NO2SSi2. The van der Waals surface area contributed by atoms with E-state index in [4.69, 9.17) is 8.85 Å². The maximum absolute atomic E-state index is 7.42. The Morgan fingerprint density at radius 2 is 0.870 bits per heavy atom. The van der Waals surface area contributed by atoms with Crippen LogP contribution in [0.2, 0.25) is 10.1 Å². The molecule has 6 aromatic rings. The number of nitrogens with zero attached hydrogens (tertiary/aromatic N) is 1. The van der Waals surface area contributed by atoms with Gasteiger partial charge in [-0.1, -0.05) is 187 Å². The van der Waals surface area contributed by atoms with E-state index in [0.717, 1.165) is 13.1 Å². The number of anilines is 1. The van der Waals surface area contributed by atoms with E-state index in [1.807, 2.05) is 0 Å². The summed E-state index contributed by atoms with van der Waals surface area (Å²) in [7, 11) is -5.39. The van der Waals surface area contributed by atoms with Gasteiger partial charge in [0.05, 0.1) is 13.2 Å². The van der Waals surface area contributed by atoms with Crippen molar-refractivity contribution in [2.45, 2.75) is 51.6 Å². The summed E-state index contributed by atoms with van der Waals surface area (Å²) in [5.74, 6) is 0. The van der Waals surface area contributed by atoms with Gasteiger partial charge in [0, 0.05) is 23.7 Å². The minimum atomic E-state index is -2.70. The Morgan fingerprint density at radius 1 is 0.481 bits per heavy atom. The smallest absolute Gasteiger partial charge is 0.261 e. The molecule has 0 bridgehead atoms. The van der Waals surface area contributed by atoms with E-state index in [1.165, 1.54) is 36.9 Å². The molecule has 0 unspecified atom stereocenters.